The number of allylic oxidation sites excluding steroid dienone is 4. The molecule has 2 spiro atoms. The van der Waals surface area contributed by atoms with Crippen LogP contribution in [0.1, 0.15) is 103 Å². The minimum absolute atomic E-state index is 0.0249. The third-order valence-corrected chi connectivity index (χ3v) is 18.2. The number of likely N-dealkylation sites (tertiary alicyclic amines) is 2. The van der Waals surface area contributed by atoms with Crippen molar-refractivity contribution in [1.82, 2.24) is 35.1 Å². The van der Waals surface area contributed by atoms with Crippen molar-refractivity contribution in [2.75, 3.05) is 53.0 Å². The van der Waals surface area contributed by atoms with E-state index in [1.54, 1.807) is 67.0 Å². The molecule has 7 N–H and O–H groups in total. The number of aromatic hydroxyl groups is 2. The van der Waals surface area contributed by atoms with Crippen LogP contribution < -0.4 is 29.2 Å². The van der Waals surface area contributed by atoms with Gasteiger partial charge in [-0.15, -0.1) is 0 Å². The number of fused-ring (bicyclic) bond motifs is 6. The number of ketones is 4. The highest BCUT2D eigenvalue weighted by Crippen LogP contribution is 2.71. The van der Waals surface area contributed by atoms with Crippen LogP contribution in [0.25, 0.3) is 32.7 Å². The second-order valence-corrected chi connectivity index (χ2v) is 22.9. The molecule has 2 unspecified atom stereocenters. The number of nitrogens with one attached hydrogen (secondary N) is 5. The lowest BCUT2D eigenvalue weighted by Crippen LogP contribution is -2.41. The number of phenols is 2. The number of ether oxygens (including phenoxy) is 4. The van der Waals surface area contributed by atoms with E-state index >= 15 is 0 Å². The van der Waals surface area contributed by atoms with Gasteiger partial charge in [-0.3, -0.25) is 33.6 Å². The number of nitrogens with zero attached hydrogens (tertiary/aromatic N) is 3. The number of rotatable bonds is 8. The Hall–Kier alpha value is -10.1. The number of H-pyrrole nitrogens is 4. The van der Waals surface area contributed by atoms with Gasteiger partial charge >= 0.3 is 6.15 Å². The summed E-state index contributed by atoms with van der Waals surface area (Å²) in [5, 5.41) is 26.7. The minimum atomic E-state index is -0.825. The molecule has 4 fully saturated rings. The van der Waals surface area contributed by atoms with E-state index < -0.39 is 16.4 Å². The number of aryl methyl sites for hydroxylation is 1. The number of methoxy groups -OCH3 is 4. The molecule has 4 aromatic heterocycles. The molecule has 23 nitrogen and oxygen atoms in total. The number of phenolic OH excluding ortho intramolecular Hbond substituents is 2. The van der Waals surface area contributed by atoms with Crippen molar-refractivity contribution >= 4 is 85.4 Å². The molecular weight excluding hydrogens is 1080 g/mol. The number of benzene rings is 3. The van der Waals surface area contributed by atoms with E-state index in [1.807, 2.05) is 0 Å². The van der Waals surface area contributed by atoms with Crippen LogP contribution in [0.5, 0.6) is 34.5 Å². The number of piperidine rings is 2. The maximum absolute atomic E-state index is 14.1. The second-order valence-electron chi connectivity index (χ2n) is 22.9. The lowest BCUT2D eigenvalue weighted by atomic mass is 9.80. The molecule has 15 rings (SSSR count). The number of carbonyl (C=O) groups is 7. The Morgan fingerprint density at radius 2 is 1.26 bits per heavy atom. The Morgan fingerprint density at radius 1 is 0.667 bits per heavy atom. The molecule has 4 aliphatic heterocycles. The zero-order valence-electron chi connectivity index (χ0n) is 46.6. The summed E-state index contributed by atoms with van der Waals surface area (Å²) in [5.74, 6) is 0.105. The summed E-state index contributed by atoms with van der Waals surface area (Å²) < 4.78 is 21.6. The molecule has 4 aliphatic carbocycles. The summed E-state index contributed by atoms with van der Waals surface area (Å²) >= 11 is 0. The van der Waals surface area contributed by atoms with Crippen molar-refractivity contribution in [3.8, 4) is 34.5 Å². The standard InChI is InChI=1S/C35H29N5O7.C25H25N3O6.CO2/c1-14-29-19(8-21(37-29)15(2)41)18-4-5-39(31(18)32(14)44)33(45)24-9-20-30(38-24)26(43)11-28-35(20)12-17(35)13-40(28)34(46)23-6-16-7-25(42)27(47-3)10-22(16)36-23;1-24(2)22(30)17-19(27-24)14(29)8-16-25(17)9-12(25)10-28(16)23(31)13-6-11-7-15(32-3)20(33-4)21(34-5)18(11)26-13;2-1-3/h6-11,17,36-38,42,44H,4-5,12-13H2,1-3H3;6-8,12,26-27H,9-10H2,1-5H3;/t17-,35?;12-,25?;/m11./s1. The van der Waals surface area contributed by atoms with Gasteiger partial charge in [0, 0.05) is 99.8 Å². The average Bonchev–Trinajstić information content (AvgIpc) is 1.62. The fourth-order valence-electron chi connectivity index (χ4n) is 14.1. The fourth-order valence-corrected chi connectivity index (χ4v) is 14.1. The number of hydrogen-bond donors (Lipinski definition) is 7. The van der Waals surface area contributed by atoms with E-state index in [1.165, 1.54) is 58.5 Å². The molecule has 4 atom stereocenters. The molecule has 0 bridgehead atoms. The van der Waals surface area contributed by atoms with Crippen molar-refractivity contribution < 1.29 is 72.3 Å². The summed E-state index contributed by atoms with van der Waals surface area (Å²) in [6, 6.07) is 11.8. The van der Waals surface area contributed by atoms with Crippen LogP contribution in [-0.4, -0.2) is 141 Å². The van der Waals surface area contributed by atoms with Gasteiger partial charge in [0.25, 0.3) is 17.7 Å². The first-order valence-electron chi connectivity index (χ1n) is 27.0. The monoisotopic (exact) mass is 1140 g/mol. The third kappa shape index (κ3) is 7.20. The lowest BCUT2D eigenvalue weighted by molar-refractivity contribution is -0.191. The summed E-state index contributed by atoms with van der Waals surface area (Å²) in [5.41, 5.74) is 6.31. The Bertz CT molecular complexity index is 4390. The lowest BCUT2D eigenvalue weighted by Gasteiger charge is -2.28. The van der Waals surface area contributed by atoms with Gasteiger partial charge in [0.2, 0.25) is 17.3 Å². The first-order chi connectivity index (χ1) is 40.1. The molecule has 2 saturated heterocycles. The largest absolute Gasteiger partial charge is 0.505 e. The normalized spacial score (nSPS) is 22.2. The van der Waals surface area contributed by atoms with Crippen molar-refractivity contribution in [1.29, 1.82) is 0 Å². The van der Waals surface area contributed by atoms with Crippen molar-refractivity contribution in [2.45, 2.75) is 57.9 Å². The molecule has 0 radical (unpaired) electrons. The molecule has 84 heavy (non-hydrogen) atoms. The van der Waals surface area contributed by atoms with E-state index in [-0.39, 0.29) is 81.8 Å². The highest BCUT2D eigenvalue weighted by molar-refractivity contribution is 6.21. The molecule has 7 aromatic rings. The minimum Gasteiger partial charge on any atom is -0.505 e. The number of aromatic amines is 4. The number of aromatic nitrogens is 4. The molecule has 3 amide bonds. The van der Waals surface area contributed by atoms with E-state index in [0.29, 0.717) is 127 Å². The Balaban J connectivity index is 0.000000157. The molecule has 3 aromatic carbocycles. The van der Waals surface area contributed by atoms with E-state index in [0.717, 1.165) is 29.2 Å². The Labute approximate surface area is 476 Å². The first-order valence-corrected chi connectivity index (χ1v) is 27.0. The molecule has 8 aliphatic rings. The maximum Gasteiger partial charge on any atom is 0.373 e. The summed E-state index contributed by atoms with van der Waals surface area (Å²) in [6.07, 6.45) is 5.30. The first kappa shape index (κ1) is 53.2. The van der Waals surface area contributed by atoms with Gasteiger partial charge in [-0.2, -0.15) is 9.59 Å². The molecule has 23 heteroatoms. The number of anilines is 1. The number of carbonyl (C=O) groups excluding carboxylic acids is 9. The SMILES string of the molecule is COc1cc2[nH]c(C(=O)N3C[C@H]4CC45C3=CC(=O)c3[nH]c(C(=O)N4CCc6c4c(O)c(C)c4[nH]c(C(C)=O)cc64)cc35)cc2cc1O.COc1cc2cc(C(=O)N3C[C@H]4CC45C3=CC(=O)C3=C5C(=O)C(C)(C)N3)[nH]c2c(OC)c1OC.O=C=O. The van der Waals surface area contributed by atoms with Crippen LogP contribution in [0.15, 0.2) is 77.3 Å². The predicted molar refractivity (Wildman–Crippen MR) is 298 cm³/mol. The zero-order valence-corrected chi connectivity index (χ0v) is 46.6. The Morgan fingerprint density at radius 3 is 1.93 bits per heavy atom. The van der Waals surface area contributed by atoms with Gasteiger partial charge in [0.1, 0.15) is 22.8 Å². The topological polar surface area (TPSA) is 316 Å². The maximum atomic E-state index is 14.1. The Kier molecular flexibility index (Phi) is 11.5. The molecule has 8 heterocycles. The van der Waals surface area contributed by atoms with Gasteiger partial charge in [-0.05, 0) is 99.4 Å². The number of Topliss-reactive ketones (excluding diaryl/α,β-unsaturated/α-hetero) is 2. The van der Waals surface area contributed by atoms with Crippen molar-refractivity contribution in [2.24, 2.45) is 17.3 Å². The second kappa shape index (κ2) is 18.2. The van der Waals surface area contributed by atoms with E-state index in [4.69, 9.17) is 28.5 Å². The third-order valence-electron chi connectivity index (χ3n) is 18.2. The van der Waals surface area contributed by atoms with Crippen LogP contribution in [-0.2, 0) is 31.0 Å². The number of amides is 3. The van der Waals surface area contributed by atoms with Gasteiger partial charge in [0.15, 0.2) is 34.6 Å². The van der Waals surface area contributed by atoms with Gasteiger partial charge < -0.3 is 69.1 Å². The fraction of sp³-hybridized carbons (Fsp3) is 0.311. The van der Waals surface area contributed by atoms with Crippen LogP contribution in [0.4, 0.5) is 5.69 Å². The van der Waals surface area contributed by atoms with E-state index in [2.05, 4.69) is 25.3 Å². The quantitative estimate of drug-likeness (QED) is 0.0816. The predicted octanol–water partition coefficient (Wildman–Crippen LogP) is 6.35. The molecule has 2 saturated carbocycles. The van der Waals surface area contributed by atoms with Crippen LogP contribution in [0.2, 0.25) is 0 Å². The van der Waals surface area contributed by atoms with Gasteiger partial charge in [-0.25, -0.2) is 0 Å². The molecular formula is C61H54N8O15. The van der Waals surface area contributed by atoms with E-state index in [9.17, 15) is 43.8 Å². The summed E-state index contributed by atoms with van der Waals surface area (Å²) in [7, 11) is 6.03. The van der Waals surface area contributed by atoms with Gasteiger partial charge in [-0.1, -0.05) is 0 Å². The molecule has 428 valence electrons. The summed E-state index contributed by atoms with van der Waals surface area (Å²) in [6.45, 7) is 8.00. The van der Waals surface area contributed by atoms with Crippen LogP contribution in [0, 0.1) is 24.2 Å². The van der Waals surface area contributed by atoms with Crippen molar-refractivity contribution in [3.63, 3.8) is 0 Å². The van der Waals surface area contributed by atoms with Crippen LogP contribution in [0.3, 0.4) is 0 Å². The van der Waals surface area contributed by atoms with Crippen molar-refractivity contribution in [3.05, 3.63) is 122 Å². The van der Waals surface area contributed by atoms with Gasteiger partial charge in [0.05, 0.1) is 67.8 Å². The average molecular weight is 1140 g/mol. The highest BCUT2D eigenvalue weighted by Gasteiger charge is 2.72. The smallest absolute Gasteiger partial charge is 0.373 e. The zero-order chi connectivity index (χ0) is 59.5. The number of hydrogen-bond acceptors (Lipinski definition) is 16. The summed E-state index contributed by atoms with van der Waals surface area (Å²) in [4.78, 5) is 127. The van der Waals surface area contributed by atoms with Crippen LogP contribution >= 0.6 is 0 Å². The highest BCUT2D eigenvalue weighted by atomic mass is 16.5.